The van der Waals surface area contributed by atoms with Gasteiger partial charge in [0.25, 0.3) is 0 Å². The molecule has 7 heteroatoms. The zero-order chi connectivity index (χ0) is 13.0. The summed E-state index contributed by atoms with van der Waals surface area (Å²) in [6, 6.07) is 3.43. The molecule has 0 bridgehead atoms. The van der Waals surface area contributed by atoms with Crippen molar-refractivity contribution in [2.45, 2.75) is 4.90 Å². The van der Waals surface area contributed by atoms with E-state index in [0.717, 1.165) is 26.4 Å². The van der Waals surface area contributed by atoms with Gasteiger partial charge < -0.3 is 14.0 Å². The largest absolute Gasteiger partial charge is 0.768 e. The van der Waals surface area contributed by atoms with Gasteiger partial charge in [-0.25, -0.2) is 9.59 Å². The van der Waals surface area contributed by atoms with E-state index in [-0.39, 0.29) is 16.0 Å². The molecule has 0 aliphatic carbocycles. The van der Waals surface area contributed by atoms with Gasteiger partial charge in [0, 0.05) is 4.90 Å². The van der Waals surface area contributed by atoms with Crippen molar-refractivity contribution in [3.63, 3.8) is 0 Å². The predicted octanol–water partition coefficient (Wildman–Crippen LogP) is 0.498. The van der Waals surface area contributed by atoms with Crippen LogP contribution in [0.5, 0.6) is 0 Å². The standard InChI is InChI=1S/C10H10O6S/c1-15-9(11)6-3-7(10(12)16-2)5-8(4-6)17(13)14/h3-5H,1-2H3,(H,13,14)/p-1. The summed E-state index contributed by atoms with van der Waals surface area (Å²) in [5.41, 5.74) is -0.0656. The minimum Gasteiger partial charge on any atom is -0.768 e. The summed E-state index contributed by atoms with van der Waals surface area (Å²) < 4.78 is 30.5. The highest BCUT2D eigenvalue weighted by Crippen LogP contribution is 2.15. The average molecular weight is 257 g/mol. The molecule has 1 rings (SSSR count). The molecule has 0 spiro atoms. The molecule has 0 aliphatic heterocycles. The Kier molecular flexibility index (Phi) is 4.36. The van der Waals surface area contributed by atoms with Gasteiger partial charge in [-0.15, -0.1) is 0 Å². The molecular weight excluding hydrogens is 248 g/mol. The minimum atomic E-state index is -2.55. The van der Waals surface area contributed by atoms with Crippen LogP contribution < -0.4 is 0 Å². The zero-order valence-electron chi connectivity index (χ0n) is 9.09. The average Bonchev–Trinajstić information content (AvgIpc) is 2.36. The molecule has 0 heterocycles. The van der Waals surface area contributed by atoms with Crippen molar-refractivity contribution in [2.24, 2.45) is 0 Å². The third-order valence-electron chi connectivity index (χ3n) is 1.94. The van der Waals surface area contributed by atoms with Crippen molar-refractivity contribution in [3.05, 3.63) is 29.3 Å². The monoisotopic (exact) mass is 257 g/mol. The van der Waals surface area contributed by atoms with Crippen LogP contribution in [-0.4, -0.2) is 34.9 Å². The number of methoxy groups -OCH3 is 2. The van der Waals surface area contributed by atoms with E-state index in [1.807, 2.05) is 0 Å². The lowest BCUT2D eigenvalue weighted by molar-refractivity contribution is 0.0598. The number of benzene rings is 1. The van der Waals surface area contributed by atoms with Gasteiger partial charge in [-0.3, -0.25) is 4.21 Å². The van der Waals surface area contributed by atoms with E-state index < -0.39 is 23.0 Å². The van der Waals surface area contributed by atoms with Crippen molar-refractivity contribution in [1.82, 2.24) is 0 Å². The first-order valence-corrected chi connectivity index (χ1v) is 5.48. The number of carbonyl (C=O) groups is 2. The highest BCUT2D eigenvalue weighted by molar-refractivity contribution is 7.79. The third-order valence-corrected chi connectivity index (χ3v) is 2.56. The molecule has 0 saturated carbocycles. The molecule has 1 aromatic rings. The first-order chi connectivity index (χ1) is 7.99. The van der Waals surface area contributed by atoms with Crippen LogP contribution in [0, 0.1) is 0 Å². The Bertz CT molecular complexity index is 447. The van der Waals surface area contributed by atoms with E-state index in [1.165, 1.54) is 6.07 Å². The summed E-state index contributed by atoms with van der Waals surface area (Å²) in [6.07, 6.45) is 0. The molecule has 1 aromatic carbocycles. The molecule has 92 valence electrons. The number of hydrogen-bond acceptors (Lipinski definition) is 6. The summed E-state index contributed by atoms with van der Waals surface area (Å²) in [6.45, 7) is 0. The second-order valence-electron chi connectivity index (χ2n) is 2.96. The summed E-state index contributed by atoms with van der Waals surface area (Å²) in [5.74, 6) is -1.47. The topological polar surface area (TPSA) is 92.7 Å². The van der Waals surface area contributed by atoms with E-state index in [2.05, 4.69) is 9.47 Å². The Labute approximate surface area is 99.8 Å². The van der Waals surface area contributed by atoms with Gasteiger partial charge in [-0.2, -0.15) is 0 Å². The molecule has 17 heavy (non-hydrogen) atoms. The maximum Gasteiger partial charge on any atom is 0.337 e. The molecule has 0 fully saturated rings. The molecule has 1 unspecified atom stereocenters. The Morgan fingerprint density at radius 2 is 1.47 bits per heavy atom. The number of ether oxygens (including phenoxy) is 2. The van der Waals surface area contributed by atoms with E-state index in [4.69, 9.17) is 0 Å². The zero-order valence-corrected chi connectivity index (χ0v) is 9.91. The quantitative estimate of drug-likeness (QED) is 0.578. The van der Waals surface area contributed by atoms with Crippen LogP contribution in [0.2, 0.25) is 0 Å². The smallest absolute Gasteiger partial charge is 0.337 e. The van der Waals surface area contributed by atoms with Crippen molar-refractivity contribution in [3.8, 4) is 0 Å². The maximum atomic E-state index is 11.3. The minimum absolute atomic E-state index is 0.0328. The molecule has 0 radical (unpaired) electrons. The Balaban J connectivity index is 3.33. The van der Waals surface area contributed by atoms with Crippen molar-refractivity contribution in [2.75, 3.05) is 14.2 Å². The van der Waals surface area contributed by atoms with E-state index in [0.29, 0.717) is 0 Å². The van der Waals surface area contributed by atoms with Crippen LogP contribution >= 0.6 is 0 Å². The highest BCUT2D eigenvalue weighted by Gasteiger charge is 2.13. The van der Waals surface area contributed by atoms with Crippen LogP contribution in [-0.2, 0) is 20.6 Å². The van der Waals surface area contributed by atoms with Crippen LogP contribution in [0.3, 0.4) is 0 Å². The molecule has 0 aliphatic rings. The lowest BCUT2D eigenvalue weighted by Gasteiger charge is -2.09. The first-order valence-electron chi connectivity index (χ1n) is 4.40. The highest BCUT2D eigenvalue weighted by atomic mass is 32.2. The van der Waals surface area contributed by atoms with Gasteiger partial charge in [-0.1, -0.05) is 0 Å². The van der Waals surface area contributed by atoms with Crippen LogP contribution in [0.4, 0.5) is 0 Å². The summed E-state index contributed by atoms with van der Waals surface area (Å²) in [7, 11) is 2.31. The number of rotatable bonds is 3. The van der Waals surface area contributed by atoms with Gasteiger partial charge in [0.15, 0.2) is 0 Å². The molecule has 6 nitrogen and oxygen atoms in total. The molecule has 1 atom stereocenters. The molecule has 0 N–H and O–H groups in total. The fourth-order valence-electron chi connectivity index (χ4n) is 1.17. The predicted molar refractivity (Wildman–Crippen MR) is 56.3 cm³/mol. The van der Waals surface area contributed by atoms with Gasteiger partial charge in [0.2, 0.25) is 0 Å². The number of hydrogen-bond donors (Lipinski definition) is 0. The first kappa shape index (κ1) is 13.3. The van der Waals surface area contributed by atoms with Gasteiger partial charge in [-0.05, 0) is 29.3 Å². The van der Waals surface area contributed by atoms with E-state index in [1.54, 1.807) is 0 Å². The van der Waals surface area contributed by atoms with Gasteiger partial charge >= 0.3 is 11.9 Å². The van der Waals surface area contributed by atoms with Crippen molar-refractivity contribution < 1.29 is 27.8 Å². The van der Waals surface area contributed by atoms with Crippen molar-refractivity contribution >= 4 is 23.0 Å². The normalized spacial score (nSPS) is 11.7. The second-order valence-corrected chi connectivity index (χ2v) is 3.90. The number of esters is 2. The number of carbonyl (C=O) groups excluding carboxylic acids is 2. The summed E-state index contributed by atoms with van der Waals surface area (Å²) in [4.78, 5) is 22.4. The fraction of sp³-hybridized carbons (Fsp3) is 0.200. The third kappa shape index (κ3) is 3.11. The Morgan fingerprint density at radius 1 is 1.06 bits per heavy atom. The fourth-order valence-corrected chi connectivity index (χ4v) is 1.61. The van der Waals surface area contributed by atoms with Crippen LogP contribution in [0.1, 0.15) is 20.7 Å². The van der Waals surface area contributed by atoms with Crippen LogP contribution in [0.15, 0.2) is 23.1 Å². The second kappa shape index (κ2) is 5.55. The SMILES string of the molecule is COC(=O)c1cc(C(=O)OC)cc(S(=O)[O-])c1. The maximum absolute atomic E-state index is 11.3. The molecule has 0 saturated heterocycles. The summed E-state index contributed by atoms with van der Waals surface area (Å²) >= 11 is -2.55. The molecule has 0 amide bonds. The summed E-state index contributed by atoms with van der Waals surface area (Å²) in [5, 5.41) is 0. The lowest BCUT2D eigenvalue weighted by Crippen LogP contribution is -2.08. The molecule has 0 aromatic heterocycles. The van der Waals surface area contributed by atoms with E-state index >= 15 is 0 Å². The lowest BCUT2D eigenvalue weighted by atomic mass is 10.1. The molecular formula is C10H9O6S-. The Hall–Kier alpha value is -1.73. The Morgan fingerprint density at radius 3 is 1.76 bits per heavy atom. The van der Waals surface area contributed by atoms with Crippen molar-refractivity contribution in [1.29, 1.82) is 0 Å². The van der Waals surface area contributed by atoms with Crippen LogP contribution in [0.25, 0.3) is 0 Å². The van der Waals surface area contributed by atoms with E-state index in [9.17, 15) is 18.4 Å². The van der Waals surface area contributed by atoms with Gasteiger partial charge in [0.1, 0.15) is 0 Å². The van der Waals surface area contributed by atoms with Gasteiger partial charge in [0.05, 0.1) is 25.3 Å².